The van der Waals surface area contributed by atoms with E-state index in [1.54, 1.807) is 0 Å². The van der Waals surface area contributed by atoms with Crippen LogP contribution in [0.4, 0.5) is 10.5 Å². The first-order valence-corrected chi connectivity index (χ1v) is 4.32. The SMILES string of the molecule is CNC(=O)Nc1ccc(O)c2c1OCO2. The Morgan fingerprint density at radius 2 is 2.13 bits per heavy atom. The number of rotatable bonds is 1. The molecule has 0 saturated heterocycles. The van der Waals surface area contributed by atoms with Crippen LogP contribution in [0, 0.1) is 0 Å². The topological polar surface area (TPSA) is 79.8 Å². The summed E-state index contributed by atoms with van der Waals surface area (Å²) in [6.45, 7) is 0.0370. The van der Waals surface area contributed by atoms with E-state index in [2.05, 4.69) is 10.6 Å². The molecule has 0 spiro atoms. The highest BCUT2D eigenvalue weighted by molar-refractivity contribution is 5.91. The van der Waals surface area contributed by atoms with Crippen molar-refractivity contribution in [2.45, 2.75) is 0 Å². The summed E-state index contributed by atoms with van der Waals surface area (Å²) in [5.41, 5.74) is 0.458. The molecule has 0 radical (unpaired) electrons. The molecule has 0 saturated carbocycles. The van der Waals surface area contributed by atoms with Crippen molar-refractivity contribution in [3.63, 3.8) is 0 Å². The molecular weight excluding hydrogens is 200 g/mol. The van der Waals surface area contributed by atoms with Crippen LogP contribution in [0.15, 0.2) is 12.1 Å². The molecule has 1 aromatic carbocycles. The summed E-state index contributed by atoms with van der Waals surface area (Å²) in [5.74, 6) is 0.590. The highest BCUT2D eigenvalue weighted by Crippen LogP contribution is 2.45. The fourth-order valence-electron chi connectivity index (χ4n) is 1.27. The molecular formula is C9H10N2O4. The van der Waals surface area contributed by atoms with Crippen LogP contribution in [-0.4, -0.2) is 25.0 Å². The number of phenolic OH excluding ortho intramolecular Hbond substituents is 1. The van der Waals surface area contributed by atoms with Crippen molar-refractivity contribution in [3.8, 4) is 17.2 Å². The number of hydrogen-bond donors (Lipinski definition) is 3. The summed E-state index contributed by atoms with van der Waals surface area (Å²) in [5, 5.41) is 14.4. The quantitative estimate of drug-likeness (QED) is 0.601. The van der Waals surface area contributed by atoms with Gasteiger partial charge < -0.3 is 25.2 Å². The Hall–Kier alpha value is -2.11. The molecule has 3 N–H and O–H groups in total. The van der Waals surface area contributed by atoms with E-state index in [0.29, 0.717) is 11.4 Å². The summed E-state index contributed by atoms with van der Waals surface area (Å²) in [7, 11) is 1.51. The number of carbonyl (C=O) groups is 1. The number of aromatic hydroxyl groups is 1. The molecule has 2 amide bonds. The van der Waals surface area contributed by atoms with Crippen molar-refractivity contribution in [2.24, 2.45) is 0 Å². The number of urea groups is 1. The second kappa shape index (κ2) is 3.56. The Balaban J connectivity index is 2.33. The van der Waals surface area contributed by atoms with Gasteiger partial charge in [0.25, 0.3) is 0 Å². The summed E-state index contributed by atoms with van der Waals surface area (Å²) >= 11 is 0. The van der Waals surface area contributed by atoms with Gasteiger partial charge in [0.2, 0.25) is 12.5 Å². The van der Waals surface area contributed by atoms with Crippen molar-refractivity contribution in [2.75, 3.05) is 19.2 Å². The Morgan fingerprint density at radius 3 is 2.87 bits per heavy atom. The average Bonchev–Trinajstić information content (AvgIpc) is 2.71. The van der Waals surface area contributed by atoms with Gasteiger partial charge in [-0.3, -0.25) is 0 Å². The minimum atomic E-state index is -0.363. The molecule has 1 aromatic rings. The lowest BCUT2D eigenvalue weighted by Gasteiger charge is -2.07. The van der Waals surface area contributed by atoms with Crippen molar-refractivity contribution in [3.05, 3.63) is 12.1 Å². The van der Waals surface area contributed by atoms with Crippen LogP contribution in [0.3, 0.4) is 0 Å². The van der Waals surface area contributed by atoms with Crippen LogP contribution in [0.1, 0.15) is 0 Å². The Morgan fingerprint density at radius 1 is 1.40 bits per heavy atom. The highest BCUT2D eigenvalue weighted by Gasteiger charge is 2.22. The predicted octanol–water partition coefficient (Wildman–Crippen LogP) is 0.872. The van der Waals surface area contributed by atoms with Gasteiger partial charge in [0.15, 0.2) is 11.5 Å². The molecule has 1 aliphatic rings. The van der Waals surface area contributed by atoms with Gasteiger partial charge in [-0.1, -0.05) is 0 Å². The first-order chi connectivity index (χ1) is 7.22. The maximum atomic E-state index is 11.1. The van der Waals surface area contributed by atoms with Gasteiger partial charge in [-0.25, -0.2) is 4.79 Å². The van der Waals surface area contributed by atoms with Gasteiger partial charge in [0, 0.05) is 7.05 Å². The van der Waals surface area contributed by atoms with Crippen LogP contribution in [-0.2, 0) is 0 Å². The molecule has 0 fully saturated rings. The van der Waals surface area contributed by atoms with Crippen LogP contribution in [0.2, 0.25) is 0 Å². The van der Waals surface area contributed by atoms with Crippen LogP contribution in [0.25, 0.3) is 0 Å². The summed E-state index contributed by atoms with van der Waals surface area (Å²) in [6, 6.07) is 2.61. The van der Waals surface area contributed by atoms with Gasteiger partial charge in [0.05, 0.1) is 5.69 Å². The molecule has 0 aromatic heterocycles. The standard InChI is InChI=1S/C9H10N2O4/c1-10-9(13)11-5-2-3-6(12)8-7(5)14-4-15-8/h2-3,12H,4H2,1H3,(H2,10,11,13). The average molecular weight is 210 g/mol. The number of carbonyl (C=O) groups excluding carboxylic acids is 1. The van der Waals surface area contributed by atoms with Gasteiger partial charge in [0.1, 0.15) is 0 Å². The van der Waals surface area contributed by atoms with E-state index >= 15 is 0 Å². The Kier molecular flexibility index (Phi) is 2.24. The van der Waals surface area contributed by atoms with E-state index in [1.165, 1.54) is 19.2 Å². The molecule has 0 unspecified atom stereocenters. The molecule has 2 rings (SSSR count). The van der Waals surface area contributed by atoms with Crippen molar-refractivity contribution < 1.29 is 19.4 Å². The third-order valence-corrected chi connectivity index (χ3v) is 1.97. The van der Waals surface area contributed by atoms with Crippen molar-refractivity contribution in [1.29, 1.82) is 0 Å². The smallest absolute Gasteiger partial charge is 0.319 e. The zero-order valence-electron chi connectivity index (χ0n) is 8.03. The molecule has 0 bridgehead atoms. The van der Waals surface area contributed by atoms with Crippen molar-refractivity contribution >= 4 is 11.7 Å². The first kappa shape index (κ1) is 9.45. The summed E-state index contributed by atoms with van der Waals surface area (Å²) in [4.78, 5) is 11.1. The molecule has 1 aliphatic heterocycles. The zero-order chi connectivity index (χ0) is 10.8. The fraction of sp³-hybridized carbons (Fsp3) is 0.222. The predicted molar refractivity (Wildman–Crippen MR) is 52.3 cm³/mol. The minimum Gasteiger partial charge on any atom is -0.504 e. The number of fused-ring (bicyclic) bond motifs is 1. The van der Waals surface area contributed by atoms with Gasteiger partial charge in [-0.2, -0.15) is 0 Å². The summed E-state index contributed by atoms with van der Waals surface area (Å²) < 4.78 is 10.2. The van der Waals surface area contributed by atoms with Gasteiger partial charge in [-0.15, -0.1) is 0 Å². The number of amides is 2. The normalized spacial score (nSPS) is 12.3. The highest BCUT2D eigenvalue weighted by atomic mass is 16.7. The molecule has 6 heteroatoms. The van der Waals surface area contributed by atoms with E-state index in [1.807, 2.05) is 0 Å². The maximum absolute atomic E-state index is 11.1. The molecule has 80 valence electrons. The second-order valence-corrected chi connectivity index (χ2v) is 2.90. The van der Waals surface area contributed by atoms with E-state index < -0.39 is 0 Å². The van der Waals surface area contributed by atoms with Crippen LogP contribution < -0.4 is 20.1 Å². The number of nitrogens with one attached hydrogen (secondary N) is 2. The van der Waals surface area contributed by atoms with E-state index in [4.69, 9.17) is 9.47 Å². The second-order valence-electron chi connectivity index (χ2n) is 2.90. The third kappa shape index (κ3) is 1.61. The zero-order valence-corrected chi connectivity index (χ0v) is 8.03. The molecule has 0 aliphatic carbocycles. The molecule has 15 heavy (non-hydrogen) atoms. The Labute approximate surface area is 85.8 Å². The fourth-order valence-corrected chi connectivity index (χ4v) is 1.27. The largest absolute Gasteiger partial charge is 0.504 e. The lowest BCUT2D eigenvalue weighted by atomic mass is 10.2. The van der Waals surface area contributed by atoms with E-state index in [0.717, 1.165) is 0 Å². The first-order valence-electron chi connectivity index (χ1n) is 4.32. The van der Waals surface area contributed by atoms with E-state index in [-0.39, 0.29) is 24.3 Å². The number of hydrogen-bond acceptors (Lipinski definition) is 4. The number of ether oxygens (including phenoxy) is 2. The van der Waals surface area contributed by atoms with E-state index in [9.17, 15) is 9.90 Å². The van der Waals surface area contributed by atoms with Gasteiger partial charge >= 0.3 is 6.03 Å². The van der Waals surface area contributed by atoms with Crippen LogP contribution in [0.5, 0.6) is 17.2 Å². The van der Waals surface area contributed by atoms with Crippen LogP contribution >= 0.6 is 0 Å². The lowest BCUT2D eigenvalue weighted by Crippen LogP contribution is -2.24. The molecule has 1 heterocycles. The third-order valence-electron chi connectivity index (χ3n) is 1.97. The number of phenols is 1. The molecule has 0 atom stereocenters. The molecule has 6 nitrogen and oxygen atoms in total. The number of anilines is 1. The number of benzene rings is 1. The summed E-state index contributed by atoms with van der Waals surface area (Å²) in [6.07, 6.45) is 0. The maximum Gasteiger partial charge on any atom is 0.319 e. The monoisotopic (exact) mass is 210 g/mol. The van der Waals surface area contributed by atoms with Gasteiger partial charge in [-0.05, 0) is 12.1 Å². The van der Waals surface area contributed by atoms with Crippen molar-refractivity contribution in [1.82, 2.24) is 5.32 Å². The lowest BCUT2D eigenvalue weighted by molar-refractivity contribution is 0.171. The Bertz CT molecular complexity index is 405. The minimum absolute atomic E-state index is 0.00930.